The van der Waals surface area contributed by atoms with E-state index in [1.807, 2.05) is 0 Å². The summed E-state index contributed by atoms with van der Waals surface area (Å²) < 4.78 is 41.5. The molecule has 1 saturated heterocycles. The van der Waals surface area contributed by atoms with Crippen LogP contribution >= 0.6 is 0 Å². The van der Waals surface area contributed by atoms with E-state index in [0.29, 0.717) is 11.4 Å². The lowest BCUT2D eigenvalue weighted by molar-refractivity contribution is 0.416. The number of nitrogen functional groups attached to an aromatic ring is 1. The number of hydrogen-bond acceptors (Lipinski definition) is 5. The topological polar surface area (TPSA) is 72.6 Å². The largest absolute Gasteiger partial charge is 0.495 e. The maximum absolute atomic E-state index is 13.8. The van der Waals surface area contributed by atoms with Crippen molar-refractivity contribution in [1.82, 2.24) is 0 Å². The molecular formula is C11H15FN2O3S. The number of anilines is 2. The third kappa shape index (κ3) is 2.50. The van der Waals surface area contributed by atoms with Gasteiger partial charge in [0.05, 0.1) is 30.0 Å². The highest BCUT2D eigenvalue weighted by Crippen LogP contribution is 2.31. The van der Waals surface area contributed by atoms with E-state index in [0.717, 1.165) is 0 Å². The van der Waals surface area contributed by atoms with E-state index in [1.165, 1.54) is 19.2 Å². The third-order valence-electron chi connectivity index (χ3n) is 2.98. The summed E-state index contributed by atoms with van der Waals surface area (Å²) in [5.74, 6) is 0.00516. The molecule has 2 N–H and O–H groups in total. The molecule has 1 aromatic carbocycles. The second-order valence-corrected chi connectivity index (χ2v) is 6.49. The summed E-state index contributed by atoms with van der Waals surface area (Å²) in [4.78, 5) is 1.69. The van der Waals surface area contributed by atoms with Crippen LogP contribution in [0.3, 0.4) is 0 Å². The van der Waals surface area contributed by atoms with Gasteiger partial charge >= 0.3 is 0 Å². The molecule has 1 aliphatic rings. The van der Waals surface area contributed by atoms with E-state index in [4.69, 9.17) is 10.5 Å². The van der Waals surface area contributed by atoms with Gasteiger partial charge in [-0.15, -0.1) is 0 Å². The van der Waals surface area contributed by atoms with Crippen LogP contribution in [0.2, 0.25) is 0 Å². The van der Waals surface area contributed by atoms with Crippen molar-refractivity contribution in [2.45, 2.75) is 0 Å². The Bertz CT molecular complexity index is 546. The van der Waals surface area contributed by atoms with Gasteiger partial charge in [0.25, 0.3) is 0 Å². The second kappa shape index (κ2) is 4.64. The van der Waals surface area contributed by atoms with Crippen molar-refractivity contribution in [2.75, 3.05) is 42.3 Å². The van der Waals surface area contributed by atoms with Gasteiger partial charge in [0.1, 0.15) is 11.6 Å². The average Bonchev–Trinajstić information content (AvgIpc) is 2.30. The van der Waals surface area contributed by atoms with Crippen molar-refractivity contribution in [3.8, 4) is 5.75 Å². The summed E-state index contributed by atoms with van der Waals surface area (Å²) in [5.41, 5.74) is 6.15. The zero-order chi connectivity index (χ0) is 13.3. The van der Waals surface area contributed by atoms with Crippen molar-refractivity contribution in [3.63, 3.8) is 0 Å². The molecule has 100 valence electrons. The molecule has 0 saturated carbocycles. The van der Waals surface area contributed by atoms with E-state index >= 15 is 0 Å². The predicted molar refractivity (Wildman–Crippen MR) is 68.2 cm³/mol. The quantitative estimate of drug-likeness (QED) is 0.802. The minimum absolute atomic E-state index is 0.0408. The van der Waals surface area contributed by atoms with E-state index in [9.17, 15) is 12.8 Å². The summed E-state index contributed by atoms with van der Waals surface area (Å²) >= 11 is 0. The number of ether oxygens (including phenoxy) is 1. The summed E-state index contributed by atoms with van der Waals surface area (Å²) in [6.45, 7) is 0.568. The molecule has 0 amide bonds. The number of halogens is 1. The lowest BCUT2D eigenvalue weighted by Crippen LogP contribution is -2.40. The Morgan fingerprint density at radius 3 is 2.50 bits per heavy atom. The van der Waals surface area contributed by atoms with Gasteiger partial charge in [-0.25, -0.2) is 12.8 Å². The monoisotopic (exact) mass is 274 g/mol. The highest BCUT2D eigenvalue weighted by Gasteiger charge is 2.24. The summed E-state index contributed by atoms with van der Waals surface area (Å²) in [5, 5.41) is 0. The molecular weight excluding hydrogens is 259 g/mol. The number of rotatable bonds is 2. The molecule has 0 unspecified atom stereocenters. The number of sulfone groups is 1. The normalized spacial score (nSPS) is 18.7. The summed E-state index contributed by atoms with van der Waals surface area (Å²) in [6.07, 6.45) is 0. The fourth-order valence-corrected chi connectivity index (χ4v) is 3.13. The first-order valence-corrected chi connectivity index (χ1v) is 7.33. The van der Waals surface area contributed by atoms with Crippen LogP contribution in [0.5, 0.6) is 5.75 Å². The highest BCUT2D eigenvalue weighted by molar-refractivity contribution is 7.91. The molecule has 18 heavy (non-hydrogen) atoms. The zero-order valence-electron chi connectivity index (χ0n) is 10.0. The van der Waals surface area contributed by atoms with Crippen LogP contribution in [-0.4, -0.2) is 40.1 Å². The smallest absolute Gasteiger partial charge is 0.153 e. The van der Waals surface area contributed by atoms with Crippen molar-refractivity contribution in [1.29, 1.82) is 0 Å². The summed E-state index contributed by atoms with van der Waals surface area (Å²) in [6, 6.07) is 2.69. The standard InChI is InChI=1S/C11H15FN2O3S/c1-17-11-7-10(8(12)6-9(11)13)14-2-4-18(15,16)5-3-14/h6-7H,2-5,13H2,1H3. The van der Waals surface area contributed by atoms with Crippen molar-refractivity contribution < 1.29 is 17.5 Å². The number of nitrogens with zero attached hydrogens (tertiary/aromatic N) is 1. The molecule has 0 aromatic heterocycles. The molecule has 1 fully saturated rings. The lowest BCUT2D eigenvalue weighted by Gasteiger charge is -2.29. The van der Waals surface area contributed by atoms with Gasteiger partial charge < -0.3 is 15.4 Å². The van der Waals surface area contributed by atoms with Crippen LogP contribution in [0.1, 0.15) is 0 Å². The van der Waals surface area contributed by atoms with Crippen molar-refractivity contribution >= 4 is 21.2 Å². The van der Waals surface area contributed by atoms with Crippen molar-refractivity contribution in [3.05, 3.63) is 17.9 Å². The SMILES string of the molecule is COc1cc(N2CCS(=O)(=O)CC2)c(F)cc1N. The lowest BCUT2D eigenvalue weighted by atomic mass is 10.2. The molecule has 7 heteroatoms. The minimum Gasteiger partial charge on any atom is -0.495 e. The number of hydrogen-bond donors (Lipinski definition) is 1. The van der Waals surface area contributed by atoms with E-state index in [1.54, 1.807) is 4.90 Å². The van der Waals surface area contributed by atoms with Gasteiger partial charge in [0, 0.05) is 25.2 Å². The Labute approximate surface area is 105 Å². The first-order valence-electron chi connectivity index (χ1n) is 5.51. The van der Waals surface area contributed by atoms with E-state index in [2.05, 4.69) is 0 Å². The van der Waals surface area contributed by atoms with Gasteiger partial charge in [-0.2, -0.15) is 0 Å². The predicted octanol–water partition coefficient (Wildman–Crippen LogP) is 0.651. The summed E-state index contributed by atoms with van der Waals surface area (Å²) in [7, 11) is -1.53. The number of methoxy groups -OCH3 is 1. The van der Waals surface area contributed by atoms with Gasteiger partial charge in [0.2, 0.25) is 0 Å². The van der Waals surface area contributed by atoms with Gasteiger partial charge in [0.15, 0.2) is 9.84 Å². The molecule has 1 aromatic rings. The van der Waals surface area contributed by atoms with Crippen LogP contribution in [0.15, 0.2) is 12.1 Å². The maximum atomic E-state index is 13.8. The first-order chi connectivity index (χ1) is 8.43. The molecule has 1 heterocycles. The van der Waals surface area contributed by atoms with Crippen LogP contribution in [-0.2, 0) is 9.84 Å². The fourth-order valence-electron chi connectivity index (χ4n) is 1.93. The van der Waals surface area contributed by atoms with Gasteiger partial charge in [-0.05, 0) is 0 Å². The molecule has 0 aliphatic carbocycles. The highest BCUT2D eigenvalue weighted by atomic mass is 32.2. The van der Waals surface area contributed by atoms with Crippen LogP contribution < -0.4 is 15.4 Å². The van der Waals surface area contributed by atoms with Crippen LogP contribution in [0.25, 0.3) is 0 Å². The molecule has 2 rings (SSSR count). The van der Waals surface area contributed by atoms with E-state index < -0.39 is 15.7 Å². The number of benzene rings is 1. The Kier molecular flexibility index (Phi) is 3.34. The molecule has 0 radical (unpaired) electrons. The fraction of sp³-hybridized carbons (Fsp3) is 0.455. The van der Waals surface area contributed by atoms with Gasteiger partial charge in [-0.3, -0.25) is 0 Å². The van der Waals surface area contributed by atoms with Gasteiger partial charge in [-0.1, -0.05) is 0 Å². The average molecular weight is 274 g/mol. The van der Waals surface area contributed by atoms with Crippen LogP contribution in [0, 0.1) is 5.82 Å². The second-order valence-electron chi connectivity index (χ2n) is 4.18. The van der Waals surface area contributed by atoms with Crippen LogP contribution in [0.4, 0.5) is 15.8 Å². The Balaban J connectivity index is 2.29. The zero-order valence-corrected chi connectivity index (χ0v) is 10.8. The van der Waals surface area contributed by atoms with E-state index in [-0.39, 0.29) is 30.3 Å². The molecule has 0 spiro atoms. The molecule has 0 bridgehead atoms. The Hall–Kier alpha value is -1.50. The number of nitrogens with two attached hydrogens (primary N) is 1. The minimum atomic E-state index is -2.98. The van der Waals surface area contributed by atoms with Crippen molar-refractivity contribution in [2.24, 2.45) is 0 Å². The molecule has 5 nitrogen and oxygen atoms in total. The maximum Gasteiger partial charge on any atom is 0.153 e. The Morgan fingerprint density at radius 2 is 1.94 bits per heavy atom. The molecule has 0 atom stereocenters. The molecule has 1 aliphatic heterocycles. The third-order valence-corrected chi connectivity index (χ3v) is 4.59. The Morgan fingerprint density at radius 1 is 1.33 bits per heavy atom. The first kappa shape index (κ1) is 12.9.